The lowest BCUT2D eigenvalue weighted by Crippen LogP contribution is -1.88. The lowest BCUT2D eigenvalue weighted by Gasteiger charge is -1.98. The second-order valence-electron chi connectivity index (χ2n) is 3.69. The van der Waals surface area contributed by atoms with Gasteiger partial charge in [-0.25, -0.2) is 4.98 Å². The molecule has 0 fully saturated rings. The first kappa shape index (κ1) is 13.2. The van der Waals surface area contributed by atoms with Crippen molar-refractivity contribution in [3.05, 3.63) is 34.3 Å². The van der Waals surface area contributed by atoms with Gasteiger partial charge >= 0.3 is 0 Å². The Morgan fingerprint density at radius 3 is 3.17 bits per heavy atom. The molecule has 0 aliphatic rings. The minimum Gasteiger partial charge on any atom is -0.395 e. The minimum atomic E-state index is 0.124. The molecule has 0 radical (unpaired) electrons. The zero-order valence-electron chi connectivity index (χ0n) is 10.1. The Kier molecular flexibility index (Phi) is 4.88. The number of rotatable bonds is 4. The maximum absolute atomic E-state index is 8.65. The van der Waals surface area contributed by atoms with Gasteiger partial charge in [0, 0.05) is 47.4 Å². The van der Waals surface area contributed by atoms with Gasteiger partial charge in [-0.1, -0.05) is 23.6 Å². The van der Waals surface area contributed by atoms with Crippen LogP contribution in [0.25, 0.3) is 0 Å². The van der Waals surface area contributed by atoms with Crippen LogP contribution in [0, 0.1) is 11.8 Å². The summed E-state index contributed by atoms with van der Waals surface area (Å²) in [6.45, 7) is 0.124. The molecule has 0 amide bonds. The number of nitrogens with zero attached hydrogens (tertiary/aromatic N) is 2. The number of aromatic nitrogens is 2. The lowest BCUT2D eigenvalue weighted by atomic mass is 10.3. The van der Waals surface area contributed by atoms with Gasteiger partial charge in [-0.3, -0.25) is 0 Å². The molecular weight excluding hydrogens is 264 g/mol. The maximum Gasteiger partial charge on any atom is 0.168 e. The van der Waals surface area contributed by atoms with Gasteiger partial charge in [-0.2, -0.15) is 0 Å². The van der Waals surface area contributed by atoms with Gasteiger partial charge < -0.3 is 9.67 Å². The predicted octanol–water partition coefficient (Wildman–Crippen LogP) is 2.51. The van der Waals surface area contributed by atoms with Crippen LogP contribution < -0.4 is 0 Å². The van der Waals surface area contributed by atoms with E-state index < -0.39 is 0 Å². The van der Waals surface area contributed by atoms with Crippen molar-refractivity contribution in [3.63, 3.8) is 0 Å². The molecule has 0 atom stereocenters. The zero-order chi connectivity index (χ0) is 12.8. The standard InChI is InChI=1S/C13H14N2OS2/c1-15-6-5-14-13(15)18-10-12-8-11(9-17-12)4-2-3-7-16/h5-6,8-9,16H,3,7,10H2,1H3. The third kappa shape index (κ3) is 3.64. The van der Waals surface area contributed by atoms with E-state index in [1.54, 1.807) is 23.1 Å². The number of aliphatic hydroxyl groups excluding tert-OH is 1. The highest BCUT2D eigenvalue weighted by molar-refractivity contribution is 7.98. The summed E-state index contributed by atoms with van der Waals surface area (Å²) in [6, 6.07) is 2.10. The smallest absolute Gasteiger partial charge is 0.168 e. The number of thiophene rings is 1. The van der Waals surface area contributed by atoms with Crippen LogP contribution in [-0.2, 0) is 12.8 Å². The summed E-state index contributed by atoms with van der Waals surface area (Å²) in [7, 11) is 2.00. The van der Waals surface area contributed by atoms with Crippen molar-refractivity contribution in [3.8, 4) is 11.8 Å². The molecule has 0 unspecified atom stereocenters. The lowest BCUT2D eigenvalue weighted by molar-refractivity contribution is 0.305. The van der Waals surface area contributed by atoms with Crippen molar-refractivity contribution >= 4 is 23.1 Å². The molecule has 3 nitrogen and oxygen atoms in total. The van der Waals surface area contributed by atoms with Crippen LogP contribution in [0.2, 0.25) is 0 Å². The van der Waals surface area contributed by atoms with Crippen LogP contribution in [0.5, 0.6) is 0 Å². The second-order valence-corrected chi connectivity index (χ2v) is 5.62. The summed E-state index contributed by atoms with van der Waals surface area (Å²) in [5, 5.41) is 11.7. The molecule has 0 bridgehead atoms. The fourth-order valence-corrected chi connectivity index (χ4v) is 3.17. The van der Waals surface area contributed by atoms with Gasteiger partial charge in [0.2, 0.25) is 0 Å². The normalized spacial score (nSPS) is 10.1. The molecule has 0 aliphatic heterocycles. The highest BCUT2D eigenvalue weighted by Gasteiger charge is 2.03. The van der Waals surface area contributed by atoms with Crippen molar-refractivity contribution in [2.75, 3.05) is 6.61 Å². The summed E-state index contributed by atoms with van der Waals surface area (Å²) >= 11 is 3.43. The summed E-state index contributed by atoms with van der Waals surface area (Å²) in [5.41, 5.74) is 1.03. The van der Waals surface area contributed by atoms with Gasteiger partial charge in [-0.05, 0) is 6.07 Å². The molecule has 2 heterocycles. The summed E-state index contributed by atoms with van der Waals surface area (Å²) in [4.78, 5) is 5.56. The third-order valence-electron chi connectivity index (χ3n) is 2.24. The van der Waals surface area contributed by atoms with Crippen LogP contribution in [-0.4, -0.2) is 21.3 Å². The van der Waals surface area contributed by atoms with E-state index in [2.05, 4.69) is 28.3 Å². The van der Waals surface area contributed by atoms with Gasteiger partial charge in [-0.15, -0.1) is 11.3 Å². The summed E-state index contributed by atoms with van der Waals surface area (Å²) in [6.07, 6.45) is 4.29. The quantitative estimate of drug-likeness (QED) is 0.690. The molecule has 2 aromatic rings. The Morgan fingerprint density at radius 1 is 1.56 bits per heavy atom. The first-order chi connectivity index (χ1) is 8.79. The predicted molar refractivity (Wildman–Crippen MR) is 75.7 cm³/mol. The first-order valence-electron chi connectivity index (χ1n) is 5.57. The topological polar surface area (TPSA) is 38.0 Å². The third-order valence-corrected chi connectivity index (χ3v) is 4.47. The molecular formula is C13H14N2OS2. The number of hydrogen-bond acceptors (Lipinski definition) is 4. The average molecular weight is 278 g/mol. The van der Waals surface area contributed by atoms with E-state index in [9.17, 15) is 0 Å². The van der Waals surface area contributed by atoms with E-state index in [1.807, 2.05) is 24.0 Å². The van der Waals surface area contributed by atoms with Crippen molar-refractivity contribution in [1.29, 1.82) is 0 Å². The molecule has 5 heteroatoms. The Bertz CT molecular complexity index is 563. The second kappa shape index (κ2) is 6.64. The maximum atomic E-state index is 8.65. The Labute approximate surface area is 115 Å². The van der Waals surface area contributed by atoms with E-state index in [4.69, 9.17) is 5.11 Å². The molecule has 2 rings (SSSR count). The molecule has 2 aromatic heterocycles. The highest BCUT2D eigenvalue weighted by atomic mass is 32.2. The molecule has 0 aromatic carbocycles. The van der Waals surface area contributed by atoms with Crippen molar-refractivity contribution < 1.29 is 5.11 Å². The Hall–Kier alpha value is -1.22. The molecule has 1 N–H and O–H groups in total. The monoisotopic (exact) mass is 278 g/mol. The van der Waals surface area contributed by atoms with Crippen molar-refractivity contribution in [1.82, 2.24) is 9.55 Å². The average Bonchev–Trinajstić information content (AvgIpc) is 2.96. The first-order valence-corrected chi connectivity index (χ1v) is 7.43. The van der Waals surface area contributed by atoms with Gasteiger partial charge in [0.15, 0.2) is 5.16 Å². The molecule has 94 valence electrons. The van der Waals surface area contributed by atoms with E-state index >= 15 is 0 Å². The van der Waals surface area contributed by atoms with E-state index in [1.165, 1.54) is 4.88 Å². The molecule has 0 spiro atoms. The van der Waals surface area contributed by atoms with Gasteiger partial charge in [0.05, 0.1) is 6.61 Å². The fraction of sp³-hybridized carbons (Fsp3) is 0.308. The van der Waals surface area contributed by atoms with E-state index in [0.717, 1.165) is 16.5 Å². The molecule has 18 heavy (non-hydrogen) atoms. The van der Waals surface area contributed by atoms with Crippen LogP contribution in [0.3, 0.4) is 0 Å². The minimum absolute atomic E-state index is 0.124. The van der Waals surface area contributed by atoms with Crippen LogP contribution in [0.4, 0.5) is 0 Å². The summed E-state index contributed by atoms with van der Waals surface area (Å²) in [5.74, 6) is 6.88. The summed E-state index contributed by atoms with van der Waals surface area (Å²) < 4.78 is 2.01. The SMILES string of the molecule is Cn1ccnc1SCc1cc(C#CCCO)cs1. The van der Waals surface area contributed by atoms with E-state index in [0.29, 0.717) is 6.42 Å². The molecule has 0 saturated carbocycles. The highest BCUT2D eigenvalue weighted by Crippen LogP contribution is 2.24. The molecule has 0 saturated heterocycles. The number of hydrogen-bond donors (Lipinski definition) is 1. The Balaban J connectivity index is 1.91. The molecule has 0 aliphatic carbocycles. The number of aryl methyl sites for hydroxylation is 1. The largest absolute Gasteiger partial charge is 0.395 e. The fourth-order valence-electron chi connectivity index (χ4n) is 1.37. The van der Waals surface area contributed by atoms with Crippen molar-refractivity contribution in [2.45, 2.75) is 17.3 Å². The van der Waals surface area contributed by atoms with Gasteiger partial charge in [0.25, 0.3) is 0 Å². The number of aliphatic hydroxyl groups is 1. The van der Waals surface area contributed by atoms with Crippen molar-refractivity contribution in [2.24, 2.45) is 7.05 Å². The Morgan fingerprint density at radius 2 is 2.44 bits per heavy atom. The number of imidazole rings is 1. The van der Waals surface area contributed by atoms with Gasteiger partial charge in [0.1, 0.15) is 0 Å². The zero-order valence-corrected chi connectivity index (χ0v) is 11.7. The van der Waals surface area contributed by atoms with Crippen LogP contribution >= 0.6 is 23.1 Å². The number of thioether (sulfide) groups is 1. The van der Waals surface area contributed by atoms with Crippen LogP contribution in [0.1, 0.15) is 16.9 Å². The van der Waals surface area contributed by atoms with E-state index in [-0.39, 0.29) is 6.61 Å². The van der Waals surface area contributed by atoms with Crippen LogP contribution in [0.15, 0.2) is 29.0 Å².